The average molecular weight is 250 g/mol. The minimum atomic E-state index is -0.781. The van der Waals surface area contributed by atoms with Crippen molar-refractivity contribution in [3.05, 3.63) is 0 Å². The van der Waals surface area contributed by atoms with Crippen molar-refractivity contribution in [3.8, 4) is 0 Å². The largest absolute Gasteiger partial charge is 0.389 e. The highest BCUT2D eigenvalue weighted by Crippen LogP contribution is 2.21. The van der Waals surface area contributed by atoms with Gasteiger partial charge in [0.1, 0.15) is 0 Å². The van der Waals surface area contributed by atoms with Gasteiger partial charge in [-0.3, -0.25) is 4.79 Å². The first kappa shape index (κ1) is 11.0. The van der Waals surface area contributed by atoms with Crippen molar-refractivity contribution in [2.45, 2.75) is 25.9 Å². The molecule has 1 saturated heterocycles. The molecule has 3 nitrogen and oxygen atoms in total. The van der Waals surface area contributed by atoms with Gasteiger partial charge in [-0.15, -0.1) is 0 Å². The first-order valence-electron chi connectivity index (χ1n) is 4.48. The first-order chi connectivity index (χ1) is 5.92. The monoisotopic (exact) mass is 249 g/mol. The number of amides is 1. The minimum absolute atomic E-state index is 0.159. The highest BCUT2D eigenvalue weighted by atomic mass is 79.9. The Bertz CT molecular complexity index is 200. The molecule has 0 aliphatic carbocycles. The number of nitrogens with zero attached hydrogens (tertiary/aromatic N) is 1. The SMILES string of the molecule is CC(C)(O)CN1CC(CBr)CC1=O. The Kier molecular flexibility index (Phi) is 3.35. The van der Waals surface area contributed by atoms with E-state index in [9.17, 15) is 9.90 Å². The smallest absolute Gasteiger partial charge is 0.223 e. The number of β-amino-alcohol motifs (C(OH)–C–C–N with tert-alkyl or cyclic N) is 1. The molecule has 0 aromatic carbocycles. The second-order valence-electron chi connectivity index (χ2n) is 4.31. The van der Waals surface area contributed by atoms with Gasteiger partial charge in [0.15, 0.2) is 0 Å². The lowest BCUT2D eigenvalue weighted by atomic mass is 10.1. The van der Waals surface area contributed by atoms with E-state index < -0.39 is 5.60 Å². The normalized spacial score (nSPS) is 24.2. The van der Waals surface area contributed by atoms with E-state index in [2.05, 4.69) is 15.9 Å². The van der Waals surface area contributed by atoms with Crippen LogP contribution in [0.1, 0.15) is 20.3 Å². The second-order valence-corrected chi connectivity index (χ2v) is 4.96. The number of alkyl halides is 1. The second kappa shape index (κ2) is 3.96. The minimum Gasteiger partial charge on any atom is -0.389 e. The van der Waals surface area contributed by atoms with E-state index in [0.717, 1.165) is 11.9 Å². The van der Waals surface area contributed by atoms with Crippen molar-refractivity contribution in [1.82, 2.24) is 4.90 Å². The third-order valence-corrected chi connectivity index (χ3v) is 3.01. The number of rotatable bonds is 3. The summed E-state index contributed by atoms with van der Waals surface area (Å²) in [5.74, 6) is 0.571. The summed E-state index contributed by atoms with van der Waals surface area (Å²) >= 11 is 3.37. The Labute approximate surface area is 87.2 Å². The van der Waals surface area contributed by atoms with E-state index in [1.807, 2.05) is 0 Å². The Morgan fingerprint density at radius 2 is 2.31 bits per heavy atom. The summed E-state index contributed by atoms with van der Waals surface area (Å²) in [5, 5.41) is 10.4. The highest BCUT2D eigenvalue weighted by molar-refractivity contribution is 9.09. The Morgan fingerprint density at radius 3 is 2.69 bits per heavy atom. The number of carbonyl (C=O) groups is 1. The number of likely N-dealkylation sites (tertiary alicyclic amines) is 1. The third kappa shape index (κ3) is 3.27. The summed E-state index contributed by atoms with van der Waals surface area (Å²) in [6, 6.07) is 0. The zero-order valence-corrected chi connectivity index (χ0v) is 9.67. The van der Waals surface area contributed by atoms with Crippen molar-refractivity contribution >= 4 is 21.8 Å². The number of hydrogen-bond donors (Lipinski definition) is 1. The van der Waals surface area contributed by atoms with Crippen LogP contribution in [-0.4, -0.2) is 39.9 Å². The predicted molar refractivity (Wildman–Crippen MR) is 54.8 cm³/mol. The molecule has 0 aromatic rings. The van der Waals surface area contributed by atoms with Crippen LogP contribution in [0.25, 0.3) is 0 Å². The average Bonchev–Trinajstić information content (AvgIpc) is 2.29. The summed E-state index contributed by atoms with van der Waals surface area (Å²) in [6.07, 6.45) is 0.612. The van der Waals surface area contributed by atoms with Gasteiger partial charge in [0.25, 0.3) is 0 Å². The molecule has 1 rings (SSSR count). The molecule has 1 fully saturated rings. The fraction of sp³-hybridized carbons (Fsp3) is 0.889. The Hall–Kier alpha value is -0.0900. The Morgan fingerprint density at radius 1 is 1.69 bits per heavy atom. The molecule has 0 aromatic heterocycles. The van der Waals surface area contributed by atoms with E-state index in [0.29, 0.717) is 18.9 Å². The van der Waals surface area contributed by atoms with Gasteiger partial charge in [-0.2, -0.15) is 0 Å². The fourth-order valence-corrected chi connectivity index (χ4v) is 2.01. The number of halogens is 1. The van der Waals surface area contributed by atoms with E-state index in [-0.39, 0.29) is 5.91 Å². The molecule has 1 heterocycles. The maximum atomic E-state index is 11.4. The van der Waals surface area contributed by atoms with E-state index >= 15 is 0 Å². The van der Waals surface area contributed by atoms with Crippen LogP contribution >= 0.6 is 15.9 Å². The molecule has 1 unspecified atom stereocenters. The lowest BCUT2D eigenvalue weighted by Crippen LogP contribution is -2.39. The van der Waals surface area contributed by atoms with Gasteiger partial charge < -0.3 is 10.0 Å². The molecule has 76 valence electrons. The molecule has 0 saturated carbocycles. The number of hydrogen-bond acceptors (Lipinski definition) is 2. The fourth-order valence-electron chi connectivity index (χ4n) is 1.58. The predicted octanol–water partition coefficient (Wildman–Crippen LogP) is 1.00. The van der Waals surface area contributed by atoms with Crippen molar-refractivity contribution < 1.29 is 9.90 Å². The zero-order chi connectivity index (χ0) is 10.1. The van der Waals surface area contributed by atoms with E-state index in [1.165, 1.54) is 0 Å². The van der Waals surface area contributed by atoms with Gasteiger partial charge in [0.2, 0.25) is 5.91 Å². The van der Waals surface area contributed by atoms with Gasteiger partial charge in [-0.05, 0) is 19.8 Å². The van der Waals surface area contributed by atoms with Gasteiger partial charge >= 0.3 is 0 Å². The van der Waals surface area contributed by atoms with Gasteiger partial charge in [-0.25, -0.2) is 0 Å². The summed E-state index contributed by atoms with van der Waals surface area (Å²) < 4.78 is 0. The van der Waals surface area contributed by atoms with Crippen molar-refractivity contribution in [2.75, 3.05) is 18.4 Å². The molecule has 1 N–H and O–H groups in total. The maximum absolute atomic E-state index is 11.4. The molecule has 1 aliphatic rings. The van der Waals surface area contributed by atoms with Crippen LogP contribution in [0.4, 0.5) is 0 Å². The van der Waals surface area contributed by atoms with Gasteiger partial charge in [0, 0.05) is 24.8 Å². The topological polar surface area (TPSA) is 40.5 Å². The standard InChI is InChI=1S/C9H16BrNO2/c1-9(2,13)6-11-5-7(4-10)3-8(11)12/h7,13H,3-6H2,1-2H3. The molecule has 1 atom stereocenters. The van der Waals surface area contributed by atoms with Crippen molar-refractivity contribution in [1.29, 1.82) is 0 Å². The summed E-state index contributed by atoms with van der Waals surface area (Å²) in [7, 11) is 0. The van der Waals surface area contributed by atoms with Crippen LogP contribution < -0.4 is 0 Å². The molecule has 0 spiro atoms. The van der Waals surface area contributed by atoms with E-state index in [4.69, 9.17) is 0 Å². The molecular formula is C9H16BrNO2. The van der Waals surface area contributed by atoms with Crippen molar-refractivity contribution in [2.24, 2.45) is 5.92 Å². The maximum Gasteiger partial charge on any atom is 0.223 e. The van der Waals surface area contributed by atoms with Crippen molar-refractivity contribution in [3.63, 3.8) is 0 Å². The summed E-state index contributed by atoms with van der Waals surface area (Å²) in [4.78, 5) is 13.2. The first-order valence-corrected chi connectivity index (χ1v) is 5.60. The quantitative estimate of drug-likeness (QED) is 0.759. The van der Waals surface area contributed by atoms with Crippen LogP contribution in [0.15, 0.2) is 0 Å². The van der Waals surface area contributed by atoms with Crippen LogP contribution in [0.2, 0.25) is 0 Å². The lowest BCUT2D eigenvalue weighted by Gasteiger charge is -2.25. The van der Waals surface area contributed by atoms with Gasteiger partial charge in [0.05, 0.1) is 5.60 Å². The number of carbonyl (C=O) groups excluding carboxylic acids is 1. The molecule has 0 radical (unpaired) electrons. The van der Waals surface area contributed by atoms with Crippen LogP contribution in [0.5, 0.6) is 0 Å². The molecule has 13 heavy (non-hydrogen) atoms. The molecule has 4 heteroatoms. The molecule has 1 amide bonds. The third-order valence-electron chi connectivity index (χ3n) is 2.09. The zero-order valence-electron chi connectivity index (χ0n) is 8.09. The lowest BCUT2D eigenvalue weighted by molar-refractivity contribution is -0.130. The summed E-state index contributed by atoms with van der Waals surface area (Å²) in [5.41, 5.74) is -0.781. The van der Waals surface area contributed by atoms with E-state index in [1.54, 1.807) is 18.7 Å². The molecule has 1 aliphatic heterocycles. The molecule has 0 bridgehead atoms. The van der Waals surface area contributed by atoms with Crippen LogP contribution in [0.3, 0.4) is 0 Å². The highest BCUT2D eigenvalue weighted by Gasteiger charge is 2.31. The van der Waals surface area contributed by atoms with Crippen LogP contribution in [0, 0.1) is 5.92 Å². The summed E-state index contributed by atoms with van der Waals surface area (Å²) in [6.45, 7) is 4.66. The van der Waals surface area contributed by atoms with Crippen LogP contribution in [-0.2, 0) is 4.79 Å². The molecular weight excluding hydrogens is 234 g/mol. The van der Waals surface area contributed by atoms with Gasteiger partial charge in [-0.1, -0.05) is 15.9 Å². The Balaban J connectivity index is 2.49. The number of aliphatic hydroxyl groups is 1.